The van der Waals surface area contributed by atoms with Gasteiger partial charge >= 0.3 is 0 Å². The van der Waals surface area contributed by atoms with Crippen molar-refractivity contribution >= 4 is 0 Å². The van der Waals surface area contributed by atoms with Crippen molar-refractivity contribution < 1.29 is 0 Å². The third kappa shape index (κ3) is 5.75. The molecule has 1 unspecified atom stereocenters. The van der Waals surface area contributed by atoms with Crippen molar-refractivity contribution in [2.75, 3.05) is 13.1 Å². The van der Waals surface area contributed by atoms with E-state index in [9.17, 15) is 0 Å². The van der Waals surface area contributed by atoms with E-state index in [-0.39, 0.29) is 5.41 Å². The molecule has 4 N–H and O–H groups in total. The van der Waals surface area contributed by atoms with Crippen LogP contribution in [0.3, 0.4) is 0 Å². The standard InChI is InChI=1S/C13H26N2/c1-3-5-6-9-13(12-15,8-4-2)10-7-11-14/h6-7,9-10H,3-5,8,11-12,14-15H2,1-2H3. The van der Waals surface area contributed by atoms with E-state index in [1.165, 1.54) is 6.42 Å². The number of rotatable bonds is 8. The first-order chi connectivity index (χ1) is 7.24. The van der Waals surface area contributed by atoms with Gasteiger partial charge in [0.05, 0.1) is 0 Å². The van der Waals surface area contributed by atoms with Gasteiger partial charge < -0.3 is 11.5 Å². The number of hydrogen-bond donors (Lipinski definition) is 2. The van der Waals surface area contributed by atoms with E-state index in [4.69, 9.17) is 11.5 Å². The van der Waals surface area contributed by atoms with Crippen molar-refractivity contribution in [3.05, 3.63) is 24.3 Å². The Morgan fingerprint density at radius 1 is 1.00 bits per heavy atom. The molecule has 2 nitrogen and oxygen atoms in total. The summed E-state index contributed by atoms with van der Waals surface area (Å²) in [5.41, 5.74) is 11.4. The summed E-state index contributed by atoms with van der Waals surface area (Å²) in [6.45, 7) is 5.63. The molecule has 0 fully saturated rings. The van der Waals surface area contributed by atoms with Crippen molar-refractivity contribution in [1.82, 2.24) is 0 Å². The zero-order valence-corrected chi connectivity index (χ0v) is 10.2. The van der Waals surface area contributed by atoms with E-state index in [0.717, 1.165) is 19.3 Å². The number of unbranched alkanes of at least 4 members (excludes halogenated alkanes) is 1. The minimum atomic E-state index is 0.0310. The molecule has 0 aliphatic heterocycles. The van der Waals surface area contributed by atoms with E-state index in [1.54, 1.807) is 0 Å². The number of nitrogens with two attached hydrogens (primary N) is 2. The number of allylic oxidation sites excluding steroid dienone is 1. The van der Waals surface area contributed by atoms with Gasteiger partial charge in [-0.25, -0.2) is 0 Å². The predicted octanol–water partition coefficient (Wildman–Crippen LogP) is 2.60. The number of hydrogen-bond acceptors (Lipinski definition) is 2. The van der Waals surface area contributed by atoms with Crippen LogP contribution in [0.4, 0.5) is 0 Å². The molecule has 0 spiro atoms. The van der Waals surface area contributed by atoms with Gasteiger partial charge in [-0.2, -0.15) is 0 Å². The monoisotopic (exact) mass is 210 g/mol. The summed E-state index contributed by atoms with van der Waals surface area (Å²) in [5.74, 6) is 0. The molecule has 1 atom stereocenters. The highest BCUT2D eigenvalue weighted by atomic mass is 14.6. The molecule has 88 valence electrons. The Bertz CT molecular complexity index is 197. The maximum Gasteiger partial charge on any atom is 0.0184 e. The zero-order chi connectivity index (χ0) is 11.6. The third-order valence-corrected chi connectivity index (χ3v) is 2.59. The third-order valence-electron chi connectivity index (χ3n) is 2.59. The maximum atomic E-state index is 5.87. The average molecular weight is 210 g/mol. The summed E-state index contributed by atoms with van der Waals surface area (Å²) in [6.07, 6.45) is 13.2. The lowest BCUT2D eigenvalue weighted by molar-refractivity contribution is 0.453. The van der Waals surface area contributed by atoms with Gasteiger partial charge in [-0.3, -0.25) is 0 Å². The lowest BCUT2D eigenvalue weighted by Gasteiger charge is -2.25. The molecule has 2 heteroatoms. The molecule has 0 saturated heterocycles. The molecular formula is C13H26N2. The lowest BCUT2D eigenvalue weighted by Crippen LogP contribution is -2.26. The highest BCUT2D eigenvalue weighted by molar-refractivity contribution is 5.12. The van der Waals surface area contributed by atoms with Gasteiger partial charge in [-0.1, -0.05) is 51.0 Å². The Morgan fingerprint density at radius 2 is 1.67 bits per heavy atom. The Kier molecular flexibility index (Phi) is 8.34. The second-order valence-electron chi connectivity index (χ2n) is 4.02. The van der Waals surface area contributed by atoms with Gasteiger partial charge in [0.25, 0.3) is 0 Å². The minimum Gasteiger partial charge on any atom is -0.329 e. The smallest absolute Gasteiger partial charge is 0.0184 e. The van der Waals surface area contributed by atoms with Gasteiger partial charge in [0.2, 0.25) is 0 Å². The zero-order valence-electron chi connectivity index (χ0n) is 10.2. The van der Waals surface area contributed by atoms with Crippen LogP contribution < -0.4 is 11.5 Å². The Labute approximate surface area is 94.4 Å². The van der Waals surface area contributed by atoms with Crippen LogP contribution in [0.15, 0.2) is 24.3 Å². The van der Waals surface area contributed by atoms with Crippen molar-refractivity contribution in [2.24, 2.45) is 16.9 Å². The van der Waals surface area contributed by atoms with E-state index in [2.05, 4.69) is 32.1 Å². The van der Waals surface area contributed by atoms with Crippen LogP contribution in [0, 0.1) is 5.41 Å². The van der Waals surface area contributed by atoms with E-state index >= 15 is 0 Å². The molecular weight excluding hydrogens is 184 g/mol. The van der Waals surface area contributed by atoms with Crippen molar-refractivity contribution in [1.29, 1.82) is 0 Å². The predicted molar refractivity (Wildman–Crippen MR) is 68.6 cm³/mol. The van der Waals surface area contributed by atoms with Crippen molar-refractivity contribution in [3.8, 4) is 0 Å². The van der Waals surface area contributed by atoms with Crippen LogP contribution in [0.5, 0.6) is 0 Å². The van der Waals surface area contributed by atoms with Crippen molar-refractivity contribution in [3.63, 3.8) is 0 Å². The van der Waals surface area contributed by atoms with Crippen LogP contribution in [-0.4, -0.2) is 13.1 Å². The van der Waals surface area contributed by atoms with E-state index < -0.39 is 0 Å². The molecule has 0 aromatic heterocycles. The van der Waals surface area contributed by atoms with Crippen LogP contribution in [0.25, 0.3) is 0 Å². The first kappa shape index (κ1) is 14.4. The van der Waals surface area contributed by atoms with E-state index in [1.807, 2.05) is 6.08 Å². The summed E-state index contributed by atoms with van der Waals surface area (Å²) >= 11 is 0. The fourth-order valence-electron chi connectivity index (χ4n) is 1.71. The summed E-state index contributed by atoms with van der Waals surface area (Å²) in [6, 6.07) is 0. The molecule has 0 heterocycles. The first-order valence-corrected chi connectivity index (χ1v) is 6.00. The Hall–Kier alpha value is -0.600. The minimum absolute atomic E-state index is 0.0310. The fraction of sp³-hybridized carbons (Fsp3) is 0.692. The molecule has 0 aliphatic carbocycles. The molecule has 0 amide bonds. The topological polar surface area (TPSA) is 52.0 Å². The highest BCUT2D eigenvalue weighted by Crippen LogP contribution is 2.26. The van der Waals surface area contributed by atoms with Crippen LogP contribution in [-0.2, 0) is 0 Å². The van der Waals surface area contributed by atoms with Crippen LogP contribution in [0.2, 0.25) is 0 Å². The Morgan fingerprint density at radius 3 is 2.13 bits per heavy atom. The second kappa shape index (κ2) is 8.69. The normalized spacial score (nSPS) is 16.3. The van der Waals surface area contributed by atoms with Gasteiger partial charge in [0.15, 0.2) is 0 Å². The van der Waals surface area contributed by atoms with Gasteiger partial charge in [-0.05, 0) is 12.8 Å². The van der Waals surface area contributed by atoms with E-state index in [0.29, 0.717) is 13.1 Å². The molecule has 15 heavy (non-hydrogen) atoms. The van der Waals surface area contributed by atoms with Crippen molar-refractivity contribution in [2.45, 2.75) is 39.5 Å². The summed E-state index contributed by atoms with van der Waals surface area (Å²) in [4.78, 5) is 0. The Balaban J connectivity index is 4.56. The van der Waals surface area contributed by atoms with Gasteiger partial charge in [-0.15, -0.1) is 0 Å². The molecule has 0 aliphatic rings. The second-order valence-corrected chi connectivity index (χ2v) is 4.02. The molecule has 0 aromatic rings. The average Bonchev–Trinajstić information content (AvgIpc) is 2.26. The van der Waals surface area contributed by atoms with Gasteiger partial charge in [0, 0.05) is 18.5 Å². The maximum absolute atomic E-state index is 5.87. The SMILES string of the molecule is CCCC=CC(C=CCN)(CN)CCC. The lowest BCUT2D eigenvalue weighted by atomic mass is 9.82. The first-order valence-electron chi connectivity index (χ1n) is 6.00. The molecule has 0 saturated carbocycles. The summed E-state index contributed by atoms with van der Waals surface area (Å²) < 4.78 is 0. The molecule has 0 bridgehead atoms. The molecule has 0 radical (unpaired) electrons. The fourth-order valence-corrected chi connectivity index (χ4v) is 1.71. The summed E-state index contributed by atoms with van der Waals surface area (Å²) in [7, 11) is 0. The summed E-state index contributed by atoms with van der Waals surface area (Å²) in [5, 5.41) is 0. The van der Waals surface area contributed by atoms with Gasteiger partial charge in [0.1, 0.15) is 0 Å². The quantitative estimate of drug-likeness (QED) is 0.605. The van der Waals surface area contributed by atoms with Crippen LogP contribution in [0.1, 0.15) is 39.5 Å². The largest absolute Gasteiger partial charge is 0.329 e. The van der Waals surface area contributed by atoms with Crippen LogP contribution >= 0.6 is 0 Å². The molecule has 0 rings (SSSR count). The molecule has 0 aromatic carbocycles. The highest BCUT2D eigenvalue weighted by Gasteiger charge is 2.20.